The Kier molecular flexibility index (Phi) is 44.6. The third kappa shape index (κ3) is 32.8. The van der Waals surface area contributed by atoms with Gasteiger partial charge in [-0.15, -0.1) is 110 Å². The van der Waals surface area contributed by atoms with Crippen LogP contribution >= 0.6 is 0 Å². The van der Waals surface area contributed by atoms with Crippen LogP contribution in [0.2, 0.25) is 0 Å². The molecule has 5 aliphatic heterocycles. The van der Waals surface area contributed by atoms with Gasteiger partial charge in [0.25, 0.3) is 11.7 Å². The molecule has 8 aromatic heterocycles. The maximum atomic E-state index is 13.2. The molecule has 146 heavy (non-hydrogen) atoms. The van der Waals surface area contributed by atoms with Gasteiger partial charge >= 0.3 is 12.4 Å². The summed E-state index contributed by atoms with van der Waals surface area (Å²) in [6.45, 7) is 15.1. The molecule has 24 nitrogen and oxygen atoms in total. The van der Waals surface area contributed by atoms with Crippen molar-refractivity contribution in [3.63, 3.8) is 0 Å². The number of hydrogen-bond donors (Lipinski definition) is 0. The van der Waals surface area contributed by atoms with E-state index in [-0.39, 0.29) is 129 Å². The minimum absolute atomic E-state index is 0. The zero-order valence-electron chi connectivity index (χ0n) is 77.4. The van der Waals surface area contributed by atoms with Gasteiger partial charge in [0, 0.05) is 202 Å². The number of aryl methyl sites for hydroxylation is 2. The van der Waals surface area contributed by atoms with E-state index < -0.39 is 71.3 Å². The standard InChI is InChI=1S/C28H27N2.3C11H6F2N.2C11H9N3.2C8H5F3N4.C6H5N5.5Ir/c1-18-9-8-10-19(2)26(18)25-17-29-27-22-12-7-6-11-21(22)23-15-20(16-28(3,4)5)13-14-24(23)30(25)27;3*12-8-4-5-9(10(13)7-8)11-3-1-2-6-14-11;2*1-13-6-7-14(9-13)11-4-2-10(8-12)3-5-11;2*9-8(10,11)7-13-6(14-15-7)5-3-1-2-4-12-5;1-2-4-7-5(3-1)6-8-10-11-9-6;;;;;/h6-11,13-15,17H,16H2,1-5H3;3*1-4,6-7H;2*2-4,6-7,9H,1H3;2*1-4,6H;1-4,6H;;;;;/q4*-1;2*-2;;;;;;;;. The van der Waals surface area contributed by atoms with Gasteiger partial charge in [0.1, 0.15) is 0 Å². The fraction of sp³-hybridized carbons (Fsp3) is 0.133. The van der Waals surface area contributed by atoms with Gasteiger partial charge in [-0.2, -0.15) is 86.3 Å². The summed E-state index contributed by atoms with van der Waals surface area (Å²) >= 11 is 0. The molecule has 0 saturated carbocycles. The summed E-state index contributed by atoms with van der Waals surface area (Å²) in [6.07, 6.45) is 8.76. The largest absolute Gasteiger partial charge is 0.510 e. The maximum absolute atomic E-state index is 13.2. The summed E-state index contributed by atoms with van der Waals surface area (Å²) in [7, 11) is 3.92. The van der Waals surface area contributed by atoms with Gasteiger partial charge in [-0.05, 0) is 175 Å². The van der Waals surface area contributed by atoms with Crippen molar-refractivity contribution in [2.45, 2.75) is 71.9 Å². The van der Waals surface area contributed by atoms with Crippen molar-refractivity contribution in [2.24, 2.45) is 56.5 Å². The first-order valence-electron chi connectivity index (χ1n) is 42.5. The molecule has 41 heteroatoms. The van der Waals surface area contributed by atoms with Crippen LogP contribution in [0.3, 0.4) is 0 Å². The first-order valence-corrected chi connectivity index (χ1v) is 42.5. The average molecular weight is 2870 g/mol. The van der Waals surface area contributed by atoms with Gasteiger partial charge in [-0.1, -0.05) is 157 Å². The Labute approximate surface area is 899 Å². The number of anilines is 2. The number of benzene rings is 8. The van der Waals surface area contributed by atoms with E-state index >= 15 is 0 Å². The summed E-state index contributed by atoms with van der Waals surface area (Å²) in [4.78, 5) is 42.9. The number of nitriles is 2. The number of alkyl halides is 6. The van der Waals surface area contributed by atoms with Crippen LogP contribution in [0, 0.1) is 127 Å². The second-order valence-corrected chi connectivity index (χ2v) is 31.6. The zero-order chi connectivity index (χ0) is 100. The summed E-state index contributed by atoms with van der Waals surface area (Å²) < 4.78 is 153. The number of rotatable bonds is 10. The fourth-order valence-corrected chi connectivity index (χ4v) is 13.6. The molecule has 0 N–H and O–H groups in total. The first-order chi connectivity index (χ1) is 67.8. The Morgan fingerprint density at radius 1 is 0.404 bits per heavy atom. The minimum Gasteiger partial charge on any atom is -0.510 e. The third-order valence-electron chi connectivity index (χ3n) is 19.9. The number of aromatic nitrogens is 8. The van der Waals surface area contributed by atoms with Crippen molar-refractivity contribution in [1.82, 2.24) is 49.1 Å². The summed E-state index contributed by atoms with van der Waals surface area (Å²) in [5, 5.41) is 47.8. The third-order valence-corrected chi connectivity index (χ3v) is 19.9. The topological polar surface area (TPSA) is 279 Å². The van der Waals surface area contributed by atoms with Crippen LogP contribution in [-0.4, -0.2) is 87.2 Å². The number of azo groups is 2. The Bertz CT molecular complexity index is 6920. The fourth-order valence-electron chi connectivity index (χ4n) is 13.6. The Morgan fingerprint density at radius 2 is 0.808 bits per heavy atom. The van der Waals surface area contributed by atoms with Gasteiger partial charge in [0.2, 0.25) is 18.5 Å². The second-order valence-electron chi connectivity index (χ2n) is 31.6. The number of fused-ring (bicyclic) bond motifs is 6. The van der Waals surface area contributed by atoms with Crippen molar-refractivity contribution in [1.29, 1.82) is 10.5 Å². The van der Waals surface area contributed by atoms with Crippen LogP contribution in [0.25, 0.3) is 72.4 Å². The second kappa shape index (κ2) is 55.7. The molecule has 0 saturated heterocycles. The van der Waals surface area contributed by atoms with Crippen molar-refractivity contribution in [3.05, 3.63) is 434 Å². The van der Waals surface area contributed by atoms with E-state index in [9.17, 15) is 52.7 Å². The van der Waals surface area contributed by atoms with E-state index in [0.717, 1.165) is 76.6 Å². The molecule has 16 aromatic rings. The SMILES string of the molecule is CN1C=CN(c2[c-]cc(C#N)cc2)[CH-]1.CN1C=CN(c2[c-]cc(C#N)cc2)[CH-]1.Cc1cccc(C)c1-c1cnc2c3[c-]cccc3c3cc(CC(C)(C)C)ccc3n12.FC(F)(F)C1=NC(c2ccccn2)N=N1.FC(F)(F)C1=NC(c2ccccn2)N=N1.Fc1c[c-]c(-c2ccccn2)c(F)c1.Fc1c[c-]c(-c2ccccn2)c(F)c1.Fc1c[c-]c(-c2ccccn2)c(F)c1.[Ir].[Ir].[Ir].[Ir].[Ir].c1ccc(C2N=NN=N2)nc1. The molecule has 0 fully saturated rings. The predicted octanol–water partition coefficient (Wildman–Crippen LogP) is 26.1. The number of pyridine rings is 7. The van der Waals surface area contributed by atoms with Crippen molar-refractivity contribution in [3.8, 4) is 57.2 Å². The van der Waals surface area contributed by atoms with Crippen LogP contribution in [0.4, 0.5) is 64.1 Å². The predicted molar refractivity (Wildman–Crippen MR) is 507 cm³/mol. The number of hydrogen-bond acceptors (Lipinski definition) is 23. The van der Waals surface area contributed by atoms with E-state index in [1.54, 1.807) is 140 Å². The molecule has 13 heterocycles. The van der Waals surface area contributed by atoms with E-state index in [1.807, 2.05) is 114 Å². The molecule has 0 spiro atoms. The van der Waals surface area contributed by atoms with Crippen molar-refractivity contribution in [2.75, 3.05) is 23.9 Å². The van der Waals surface area contributed by atoms with Gasteiger partial charge < -0.3 is 39.0 Å². The Hall–Kier alpha value is -14.3. The normalized spacial score (nSPS) is 13.7. The molecule has 5 radical (unpaired) electrons. The van der Waals surface area contributed by atoms with Crippen LogP contribution in [0.15, 0.2) is 356 Å². The van der Waals surface area contributed by atoms with Crippen LogP contribution in [0.5, 0.6) is 0 Å². The Balaban J connectivity index is 0.000000203. The molecule has 0 bridgehead atoms. The van der Waals surface area contributed by atoms with Gasteiger partial charge in [0.15, 0.2) is 0 Å². The molecular formula is C105H78F12Ir5N24-8. The van der Waals surface area contributed by atoms with Gasteiger partial charge in [-0.3, -0.25) is 46.3 Å². The quantitative estimate of drug-likeness (QED) is 0.0700. The molecule has 2 atom stereocenters. The average Bonchev–Trinajstić information content (AvgIpc) is 1.50. The summed E-state index contributed by atoms with van der Waals surface area (Å²) in [5.41, 5.74) is 15.2. The number of imidazole rings is 1. The molecule has 0 aliphatic carbocycles. The van der Waals surface area contributed by atoms with Crippen LogP contribution in [-0.2, 0) is 107 Å². The van der Waals surface area contributed by atoms with E-state index in [1.165, 1.54) is 50.9 Å². The van der Waals surface area contributed by atoms with Gasteiger partial charge in [-0.25, -0.2) is 20.5 Å². The summed E-state index contributed by atoms with van der Waals surface area (Å²) in [6, 6.07) is 87.9. The summed E-state index contributed by atoms with van der Waals surface area (Å²) in [5.74, 6) is -6.28. The molecule has 5 aliphatic rings. The van der Waals surface area contributed by atoms with Gasteiger partial charge in [0.05, 0.1) is 28.4 Å². The molecule has 0 amide bonds. The minimum atomic E-state index is -4.55. The molecule has 2 unspecified atom stereocenters. The van der Waals surface area contributed by atoms with E-state index in [4.69, 9.17) is 15.5 Å². The smallest absolute Gasteiger partial charge is 0.453 e. The van der Waals surface area contributed by atoms with Crippen LogP contribution in [0.1, 0.15) is 84.2 Å². The van der Waals surface area contributed by atoms with Crippen LogP contribution < -0.4 is 9.80 Å². The Morgan fingerprint density at radius 3 is 1.14 bits per heavy atom. The number of aliphatic imine (C=N–C) groups is 2. The first kappa shape index (κ1) is 117. The van der Waals surface area contributed by atoms with Crippen molar-refractivity contribution < 1.29 is 153 Å². The molecular weight excluding hydrogens is 2790 g/mol. The molecule has 21 rings (SSSR count). The molecule has 755 valence electrons. The van der Waals surface area contributed by atoms with Crippen molar-refractivity contribution >= 4 is 50.4 Å². The number of amidine groups is 2. The van der Waals surface area contributed by atoms with E-state index in [0.29, 0.717) is 39.6 Å². The molecule has 8 aromatic carbocycles. The van der Waals surface area contributed by atoms with E-state index in [2.05, 4.69) is 217 Å². The monoisotopic (exact) mass is 2870 g/mol. The maximum Gasteiger partial charge on any atom is 0.453 e. The number of halogens is 12. The zero-order valence-corrected chi connectivity index (χ0v) is 89.4. The number of nitrogens with zero attached hydrogens (tertiary/aromatic N) is 24.